The van der Waals surface area contributed by atoms with Crippen molar-refractivity contribution in [2.75, 3.05) is 0 Å². The first-order valence-electron chi connectivity index (χ1n) is 12.8. The van der Waals surface area contributed by atoms with Crippen LogP contribution < -0.4 is 0 Å². The number of hydrogen-bond donors (Lipinski definition) is 1. The third kappa shape index (κ3) is 3.72. The number of fused-ring (bicyclic) bond motifs is 1. The minimum absolute atomic E-state index is 0.0658. The largest absolute Gasteiger partial charge is 0.340 e. The van der Waals surface area contributed by atoms with Crippen LogP contribution in [0.2, 0.25) is 5.02 Å². The molecule has 0 radical (unpaired) electrons. The number of pyridine rings is 1. The molecule has 1 N–H and O–H groups in total. The molecule has 1 saturated heterocycles. The van der Waals surface area contributed by atoms with E-state index in [2.05, 4.69) is 36.5 Å². The topological polar surface area (TPSA) is 129 Å². The predicted octanol–water partition coefficient (Wildman–Crippen LogP) is 4.45. The minimum atomic E-state index is -0.862. The highest BCUT2D eigenvalue weighted by Crippen LogP contribution is 2.49. The second-order valence-electron chi connectivity index (χ2n) is 10.3. The molecule has 1 saturated carbocycles. The monoisotopic (exact) mass is 559 g/mol. The van der Waals surface area contributed by atoms with Crippen LogP contribution in [0.15, 0.2) is 43.0 Å². The molecule has 200 valence electrons. The number of hydrogen-bond acceptors (Lipinski definition) is 7. The Balaban J connectivity index is 1.20. The third-order valence-electron chi connectivity index (χ3n) is 8.01. The Hall–Kier alpha value is -4.50. The molecular weight excluding hydrogens is 540 g/mol. The molecule has 2 fully saturated rings. The molecule has 0 unspecified atom stereocenters. The van der Waals surface area contributed by atoms with Crippen LogP contribution in [0.4, 0.5) is 8.78 Å². The second-order valence-corrected chi connectivity index (χ2v) is 10.7. The molecule has 2 aliphatic heterocycles. The number of halogens is 3. The van der Waals surface area contributed by atoms with Crippen LogP contribution in [0.1, 0.15) is 55.2 Å². The summed E-state index contributed by atoms with van der Waals surface area (Å²) >= 11 is 6.11. The van der Waals surface area contributed by atoms with E-state index in [-0.39, 0.29) is 39.8 Å². The Morgan fingerprint density at radius 3 is 2.75 bits per heavy atom. The van der Waals surface area contributed by atoms with Crippen molar-refractivity contribution >= 4 is 23.1 Å². The van der Waals surface area contributed by atoms with Gasteiger partial charge in [0.1, 0.15) is 17.6 Å². The molecule has 40 heavy (non-hydrogen) atoms. The van der Waals surface area contributed by atoms with Crippen molar-refractivity contribution in [1.29, 1.82) is 5.26 Å². The van der Waals surface area contributed by atoms with Crippen LogP contribution in [0.3, 0.4) is 0 Å². The van der Waals surface area contributed by atoms with Crippen molar-refractivity contribution in [2.24, 2.45) is 0 Å². The number of aromatic amines is 1. The van der Waals surface area contributed by atoms with E-state index in [9.17, 15) is 10.1 Å². The number of nitrogens with zero attached hydrogens (tertiary/aromatic N) is 8. The van der Waals surface area contributed by atoms with Crippen LogP contribution in [0.25, 0.3) is 22.5 Å². The van der Waals surface area contributed by atoms with E-state index in [1.54, 1.807) is 17.0 Å². The maximum atomic E-state index is 15.4. The van der Waals surface area contributed by atoms with Gasteiger partial charge in [-0.05, 0) is 66.3 Å². The SMILES string of the molecule is N#CC1(c2nccc(-c3cnc([C@H]4CC[C@@H]5CC(c6c(-n7cnnn7)ccc(Cl)c6F)=CC(=O)N54)[nH]3)c2F)CC1. The first-order valence-corrected chi connectivity index (χ1v) is 13.1. The maximum absolute atomic E-state index is 15.4. The minimum Gasteiger partial charge on any atom is -0.340 e. The number of rotatable bonds is 5. The zero-order valence-electron chi connectivity index (χ0n) is 20.9. The van der Waals surface area contributed by atoms with Gasteiger partial charge in [-0.1, -0.05) is 11.6 Å². The van der Waals surface area contributed by atoms with E-state index in [1.165, 1.54) is 35.5 Å². The number of tetrazole rings is 1. The summed E-state index contributed by atoms with van der Waals surface area (Å²) in [5, 5.41) is 20.6. The number of H-pyrrole nitrogens is 1. The van der Waals surface area contributed by atoms with E-state index in [0.29, 0.717) is 54.9 Å². The molecule has 0 bridgehead atoms. The van der Waals surface area contributed by atoms with Crippen LogP contribution in [0.5, 0.6) is 0 Å². The molecular formula is C27H20ClF2N9O. The van der Waals surface area contributed by atoms with Gasteiger partial charge in [0, 0.05) is 29.4 Å². The molecule has 4 aromatic rings. The van der Waals surface area contributed by atoms with Gasteiger partial charge in [-0.2, -0.15) is 9.94 Å². The van der Waals surface area contributed by atoms with Gasteiger partial charge in [0.2, 0.25) is 5.91 Å². The van der Waals surface area contributed by atoms with Gasteiger partial charge in [-0.15, -0.1) is 5.10 Å². The normalized spacial score (nSPS) is 21.2. The lowest BCUT2D eigenvalue weighted by Gasteiger charge is -2.33. The van der Waals surface area contributed by atoms with E-state index in [0.717, 1.165) is 0 Å². The number of carbonyl (C=O) groups is 1. The van der Waals surface area contributed by atoms with Crippen LogP contribution in [-0.4, -0.2) is 52.0 Å². The Bertz CT molecular complexity index is 1740. The molecule has 3 aliphatic rings. The number of imidazole rings is 1. The first-order chi connectivity index (χ1) is 19.4. The van der Waals surface area contributed by atoms with Gasteiger partial charge in [0.25, 0.3) is 0 Å². The van der Waals surface area contributed by atoms with Gasteiger partial charge >= 0.3 is 0 Å². The van der Waals surface area contributed by atoms with Gasteiger partial charge < -0.3 is 9.88 Å². The fraction of sp³-hybridized carbons (Fsp3) is 0.296. The van der Waals surface area contributed by atoms with Gasteiger partial charge in [0.15, 0.2) is 11.6 Å². The van der Waals surface area contributed by atoms with E-state index in [4.69, 9.17) is 11.6 Å². The summed E-state index contributed by atoms with van der Waals surface area (Å²) < 4.78 is 32.1. The highest BCUT2D eigenvalue weighted by atomic mass is 35.5. The van der Waals surface area contributed by atoms with E-state index in [1.807, 2.05) is 0 Å². The highest BCUT2D eigenvalue weighted by Gasteiger charge is 2.49. The van der Waals surface area contributed by atoms with Crippen molar-refractivity contribution < 1.29 is 13.6 Å². The average molecular weight is 560 g/mol. The number of carbonyl (C=O) groups excluding carboxylic acids is 1. The Labute approximate surface area is 231 Å². The van der Waals surface area contributed by atoms with Crippen LogP contribution >= 0.6 is 11.6 Å². The Kier molecular flexibility index (Phi) is 5.54. The van der Waals surface area contributed by atoms with Gasteiger partial charge in [-0.25, -0.2) is 13.8 Å². The molecule has 10 nitrogen and oxygen atoms in total. The first kappa shape index (κ1) is 24.5. The Morgan fingerprint density at radius 1 is 1.15 bits per heavy atom. The van der Waals surface area contributed by atoms with E-state index < -0.39 is 17.0 Å². The summed E-state index contributed by atoms with van der Waals surface area (Å²) in [6, 6.07) is 6.22. The quantitative estimate of drug-likeness (QED) is 0.382. The molecule has 3 aromatic heterocycles. The maximum Gasteiger partial charge on any atom is 0.247 e. The molecule has 1 aromatic carbocycles. The predicted molar refractivity (Wildman–Crippen MR) is 138 cm³/mol. The molecule has 7 rings (SSSR count). The van der Waals surface area contributed by atoms with Crippen molar-refractivity contribution in [3.8, 4) is 23.0 Å². The number of nitrogens with one attached hydrogen (secondary N) is 1. The zero-order valence-corrected chi connectivity index (χ0v) is 21.6. The zero-order chi connectivity index (χ0) is 27.6. The Morgan fingerprint density at radius 2 is 2.00 bits per heavy atom. The molecule has 2 atom stereocenters. The molecule has 5 heterocycles. The highest BCUT2D eigenvalue weighted by molar-refractivity contribution is 6.31. The third-order valence-corrected chi connectivity index (χ3v) is 8.30. The average Bonchev–Trinajstić information content (AvgIpc) is 3.34. The van der Waals surface area contributed by atoms with E-state index >= 15 is 8.78 Å². The summed E-state index contributed by atoms with van der Waals surface area (Å²) in [5.41, 5.74) is 1.09. The number of nitriles is 1. The second kappa shape index (κ2) is 9.02. The molecule has 1 amide bonds. The van der Waals surface area contributed by atoms with Gasteiger partial charge in [-0.3, -0.25) is 9.78 Å². The number of aromatic nitrogens is 7. The fourth-order valence-electron chi connectivity index (χ4n) is 5.86. The smallest absolute Gasteiger partial charge is 0.247 e. The number of amides is 1. The van der Waals surface area contributed by atoms with Crippen molar-refractivity contribution in [3.63, 3.8) is 0 Å². The van der Waals surface area contributed by atoms with Crippen LogP contribution in [-0.2, 0) is 10.2 Å². The lowest BCUT2D eigenvalue weighted by Crippen LogP contribution is -2.39. The summed E-state index contributed by atoms with van der Waals surface area (Å²) in [5.74, 6) is -0.930. The van der Waals surface area contributed by atoms with Crippen molar-refractivity contribution in [2.45, 2.75) is 49.6 Å². The lowest BCUT2D eigenvalue weighted by atomic mass is 9.92. The molecule has 13 heteroatoms. The summed E-state index contributed by atoms with van der Waals surface area (Å²) in [7, 11) is 0. The molecule has 0 spiro atoms. The van der Waals surface area contributed by atoms with Crippen molar-refractivity contribution in [3.05, 3.63) is 76.7 Å². The standard InChI is InChI=1S/C27H20ClF2N9O/c28-17-2-4-19(38-13-34-36-37-38)22(24(17)30)14-9-15-1-3-20(39(15)21(40)10-14)26-33-11-18(35-26)16-5-8-32-25(23(16)29)27(12-31)6-7-27/h2,4-5,8,10-11,13,15,20H,1,3,6-7,9H2,(H,33,35)/t15-,20-/m1/s1. The summed E-state index contributed by atoms with van der Waals surface area (Å²) in [6.07, 6.45) is 8.67. The molecule has 1 aliphatic carbocycles. The van der Waals surface area contributed by atoms with Gasteiger partial charge in [0.05, 0.1) is 40.4 Å². The fourth-order valence-corrected chi connectivity index (χ4v) is 6.02. The summed E-state index contributed by atoms with van der Waals surface area (Å²) in [4.78, 5) is 27.0. The van der Waals surface area contributed by atoms with Crippen LogP contribution in [0, 0.1) is 23.0 Å². The summed E-state index contributed by atoms with van der Waals surface area (Å²) in [6.45, 7) is 0. The van der Waals surface area contributed by atoms with Crippen molar-refractivity contribution in [1.82, 2.24) is 40.1 Å². The number of benzene rings is 1. The lowest BCUT2D eigenvalue weighted by molar-refractivity contribution is -0.129.